The summed E-state index contributed by atoms with van der Waals surface area (Å²) in [6, 6.07) is 16.8. The van der Waals surface area contributed by atoms with Crippen LogP contribution in [0.5, 0.6) is 0 Å². The maximum Gasteiger partial charge on any atom is 0.173 e. The topological polar surface area (TPSA) is 45.8 Å². The molecule has 4 rings (SSSR count). The molecule has 172 valence electrons. The van der Waals surface area contributed by atoms with Crippen molar-refractivity contribution in [3.05, 3.63) is 117 Å². The molecule has 0 fully saturated rings. The van der Waals surface area contributed by atoms with Crippen LogP contribution in [0.2, 0.25) is 0 Å². The minimum Gasteiger partial charge on any atom is -0.461 e. The predicted molar refractivity (Wildman–Crippen MR) is 124 cm³/mol. The average molecular weight is 470 g/mol. The van der Waals surface area contributed by atoms with E-state index in [1.807, 2.05) is 5.38 Å². The van der Waals surface area contributed by atoms with Crippen molar-refractivity contribution in [3.8, 4) is 0 Å². The van der Waals surface area contributed by atoms with Crippen LogP contribution in [0.25, 0.3) is 0 Å². The number of nitrogens with zero attached hydrogens (tertiary/aromatic N) is 1. The number of ether oxygens (including phenoxy) is 1. The fourth-order valence-electron chi connectivity index (χ4n) is 3.83. The third-order valence-corrected chi connectivity index (χ3v) is 6.21. The van der Waals surface area contributed by atoms with Gasteiger partial charge in [0.25, 0.3) is 0 Å². The number of furan rings is 1. The molecule has 0 amide bonds. The van der Waals surface area contributed by atoms with E-state index < -0.39 is 17.2 Å². The molecule has 0 bridgehead atoms. The quantitative estimate of drug-likeness (QED) is 0.331. The number of halogens is 2. The summed E-state index contributed by atoms with van der Waals surface area (Å²) in [5.74, 6) is -0.190. The Morgan fingerprint density at radius 3 is 2.24 bits per heavy atom. The van der Waals surface area contributed by atoms with Crippen molar-refractivity contribution in [2.24, 2.45) is 0 Å². The smallest absolute Gasteiger partial charge is 0.173 e. The number of methoxy groups -OCH3 is 1. The summed E-state index contributed by atoms with van der Waals surface area (Å²) in [6.45, 7) is 2.47. The molecule has 2 aromatic carbocycles. The molecule has 7 heteroatoms. The van der Waals surface area contributed by atoms with E-state index in [1.54, 1.807) is 42.7 Å². The van der Waals surface area contributed by atoms with Gasteiger partial charge in [0.1, 0.15) is 23.2 Å². The van der Waals surface area contributed by atoms with E-state index in [-0.39, 0.29) is 16.9 Å². The third kappa shape index (κ3) is 5.39. The van der Waals surface area contributed by atoms with E-state index in [0.717, 1.165) is 6.54 Å². The first-order chi connectivity index (χ1) is 16.0. The Kier molecular flexibility index (Phi) is 7.35. The van der Waals surface area contributed by atoms with Crippen LogP contribution in [-0.2, 0) is 23.4 Å². The number of rotatable bonds is 10. The monoisotopic (exact) mass is 469 g/mol. The lowest BCUT2D eigenvalue weighted by molar-refractivity contribution is 0.0926. The summed E-state index contributed by atoms with van der Waals surface area (Å²) >= 11 is 1.64. The largest absolute Gasteiger partial charge is 0.461 e. The van der Waals surface area contributed by atoms with Gasteiger partial charge in [-0.2, -0.15) is 11.3 Å². The Morgan fingerprint density at radius 1 is 0.970 bits per heavy atom. The lowest BCUT2D eigenvalue weighted by Crippen LogP contribution is -2.29. The average Bonchev–Trinajstić information content (AvgIpc) is 3.49. The van der Waals surface area contributed by atoms with Crippen molar-refractivity contribution in [2.45, 2.75) is 18.7 Å². The molecule has 2 heterocycles. The van der Waals surface area contributed by atoms with Crippen LogP contribution in [-0.4, -0.2) is 30.3 Å². The summed E-state index contributed by atoms with van der Waals surface area (Å²) in [5.41, 5.74) is -0.154. The fraction of sp³-hybridized carbons (Fsp3) is 0.231. The molecule has 4 aromatic rings. The van der Waals surface area contributed by atoms with Gasteiger partial charge in [0, 0.05) is 20.2 Å². The Balaban J connectivity index is 1.67. The number of thiophene rings is 1. The fourth-order valence-corrected chi connectivity index (χ4v) is 4.49. The zero-order chi connectivity index (χ0) is 23.3. The lowest BCUT2D eigenvalue weighted by atomic mass is 9.84. The number of benzene rings is 2. The van der Waals surface area contributed by atoms with E-state index in [0.29, 0.717) is 25.5 Å². The third-order valence-electron chi connectivity index (χ3n) is 5.48. The lowest BCUT2D eigenvalue weighted by Gasteiger charge is -2.27. The molecular weight excluding hydrogens is 444 g/mol. The summed E-state index contributed by atoms with van der Waals surface area (Å²) in [5, 5.41) is 15.9. The van der Waals surface area contributed by atoms with Crippen LogP contribution in [0, 0.1) is 11.6 Å². The molecule has 0 aliphatic rings. The highest BCUT2D eigenvalue weighted by Gasteiger charge is 2.38. The van der Waals surface area contributed by atoms with Crippen LogP contribution in [0.3, 0.4) is 0 Å². The van der Waals surface area contributed by atoms with Gasteiger partial charge in [0.05, 0.1) is 13.2 Å². The highest BCUT2D eigenvalue weighted by molar-refractivity contribution is 7.07. The molecule has 33 heavy (non-hydrogen) atoms. The first kappa shape index (κ1) is 23.3. The van der Waals surface area contributed by atoms with Crippen molar-refractivity contribution in [1.29, 1.82) is 0 Å². The summed E-state index contributed by atoms with van der Waals surface area (Å²) in [4.78, 5) is 2.18. The van der Waals surface area contributed by atoms with E-state index >= 15 is 0 Å². The van der Waals surface area contributed by atoms with Gasteiger partial charge in [-0.05, 0) is 69.9 Å². The van der Waals surface area contributed by atoms with Gasteiger partial charge in [0.15, 0.2) is 5.60 Å². The minimum absolute atomic E-state index is 0.191. The van der Waals surface area contributed by atoms with Gasteiger partial charge >= 0.3 is 0 Å². The van der Waals surface area contributed by atoms with Gasteiger partial charge in [-0.1, -0.05) is 24.3 Å². The van der Waals surface area contributed by atoms with Gasteiger partial charge in [-0.3, -0.25) is 4.90 Å². The Hall–Kier alpha value is -2.84. The Bertz CT molecular complexity index is 1130. The molecule has 1 N–H and O–H groups in total. The maximum atomic E-state index is 14.1. The first-order valence-corrected chi connectivity index (χ1v) is 11.5. The second-order valence-electron chi connectivity index (χ2n) is 7.83. The second kappa shape index (κ2) is 10.4. The Labute approximate surface area is 195 Å². The van der Waals surface area contributed by atoms with Gasteiger partial charge in [-0.15, -0.1) is 0 Å². The van der Waals surface area contributed by atoms with Crippen LogP contribution >= 0.6 is 11.3 Å². The van der Waals surface area contributed by atoms with E-state index in [1.165, 1.54) is 42.0 Å². The zero-order valence-electron chi connectivity index (χ0n) is 18.2. The molecule has 0 atom stereocenters. The number of aliphatic hydroxyl groups is 1. The van der Waals surface area contributed by atoms with Crippen molar-refractivity contribution in [2.75, 3.05) is 20.3 Å². The standard InChI is InChI=1S/C26H25F2NO3S/c1-31-12-11-29(16-19-10-13-33-18-19)17-24-8-9-25(32-24)26(30,20-4-2-6-22(27)14-20)21-5-3-7-23(28)15-21/h2-10,13-15,18,30H,11-12,16-17H2,1H3. The van der Waals surface area contributed by atoms with Crippen molar-refractivity contribution in [3.63, 3.8) is 0 Å². The van der Waals surface area contributed by atoms with Crippen LogP contribution in [0.1, 0.15) is 28.2 Å². The molecule has 0 aliphatic carbocycles. The highest BCUT2D eigenvalue weighted by Crippen LogP contribution is 2.38. The molecule has 0 spiro atoms. The van der Waals surface area contributed by atoms with Crippen LogP contribution in [0.15, 0.2) is 81.9 Å². The van der Waals surface area contributed by atoms with Gasteiger partial charge in [-0.25, -0.2) is 8.78 Å². The first-order valence-electron chi connectivity index (χ1n) is 10.5. The summed E-state index contributed by atoms with van der Waals surface area (Å²) < 4.78 is 39.4. The number of hydrogen-bond acceptors (Lipinski definition) is 5. The van der Waals surface area contributed by atoms with E-state index in [2.05, 4.69) is 16.3 Å². The molecule has 2 aromatic heterocycles. The van der Waals surface area contributed by atoms with Crippen molar-refractivity contribution >= 4 is 11.3 Å². The van der Waals surface area contributed by atoms with Crippen molar-refractivity contribution < 1.29 is 23.0 Å². The predicted octanol–water partition coefficient (Wildman–Crippen LogP) is 5.55. The second-order valence-corrected chi connectivity index (χ2v) is 8.61. The normalized spacial score (nSPS) is 11.9. The SMILES string of the molecule is COCCN(Cc1ccsc1)Cc1ccc(C(O)(c2cccc(F)c2)c2cccc(F)c2)o1. The summed E-state index contributed by atoms with van der Waals surface area (Å²) in [7, 11) is 1.66. The van der Waals surface area contributed by atoms with Crippen LogP contribution < -0.4 is 0 Å². The van der Waals surface area contributed by atoms with E-state index in [4.69, 9.17) is 9.15 Å². The molecular formula is C26H25F2NO3S. The number of hydrogen-bond donors (Lipinski definition) is 1. The van der Waals surface area contributed by atoms with Gasteiger partial charge < -0.3 is 14.3 Å². The maximum absolute atomic E-state index is 14.1. The molecule has 0 saturated carbocycles. The molecule has 0 unspecified atom stereocenters. The zero-order valence-corrected chi connectivity index (χ0v) is 19.0. The minimum atomic E-state index is -1.85. The molecule has 4 nitrogen and oxygen atoms in total. The molecule has 0 radical (unpaired) electrons. The van der Waals surface area contributed by atoms with Crippen molar-refractivity contribution in [1.82, 2.24) is 4.90 Å². The Morgan fingerprint density at radius 2 is 1.67 bits per heavy atom. The van der Waals surface area contributed by atoms with Gasteiger partial charge in [0.2, 0.25) is 0 Å². The molecule has 0 saturated heterocycles. The summed E-state index contributed by atoms with van der Waals surface area (Å²) in [6.07, 6.45) is 0. The van der Waals surface area contributed by atoms with E-state index in [9.17, 15) is 13.9 Å². The molecule has 0 aliphatic heterocycles. The highest BCUT2D eigenvalue weighted by atomic mass is 32.1. The van der Waals surface area contributed by atoms with Crippen LogP contribution in [0.4, 0.5) is 8.78 Å².